The Morgan fingerprint density at radius 3 is 2.48 bits per heavy atom. The van der Waals surface area contributed by atoms with Crippen molar-refractivity contribution in [3.8, 4) is 0 Å². The first-order valence-corrected chi connectivity index (χ1v) is 7.54. The lowest BCUT2D eigenvalue weighted by Gasteiger charge is -2.21. The Kier molecular flexibility index (Phi) is 5.90. The number of halogens is 3. The van der Waals surface area contributed by atoms with Crippen molar-refractivity contribution in [2.45, 2.75) is 12.6 Å². The fourth-order valence-electron chi connectivity index (χ4n) is 2.22. The predicted octanol–water partition coefficient (Wildman–Crippen LogP) is 3.80. The summed E-state index contributed by atoms with van der Waals surface area (Å²) >= 11 is 18.9. The molecule has 0 saturated carbocycles. The molecular weight excluding hydrogens is 333 g/mol. The third-order valence-electron chi connectivity index (χ3n) is 3.19. The van der Waals surface area contributed by atoms with Crippen LogP contribution in [0.3, 0.4) is 0 Å². The molecule has 1 atom stereocenters. The van der Waals surface area contributed by atoms with Crippen molar-refractivity contribution >= 4 is 34.8 Å². The van der Waals surface area contributed by atoms with Gasteiger partial charge in [0.25, 0.3) is 0 Å². The van der Waals surface area contributed by atoms with Gasteiger partial charge in [-0.3, -0.25) is 4.68 Å². The molecule has 114 valence electrons. The van der Waals surface area contributed by atoms with Crippen molar-refractivity contribution in [3.63, 3.8) is 0 Å². The van der Waals surface area contributed by atoms with Gasteiger partial charge < -0.3 is 10.1 Å². The highest BCUT2D eigenvalue weighted by Crippen LogP contribution is 2.36. The fraction of sp³-hybridized carbons (Fsp3) is 0.357. The van der Waals surface area contributed by atoms with Crippen molar-refractivity contribution < 1.29 is 4.74 Å². The van der Waals surface area contributed by atoms with Crippen LogP contribution in [0.15, 0.2) is 24.4 Å². The van der Waals surface area contributed by atoms with Crippen molar-refractivity contribution in [3.05, 3.63) is 50.7 Å². The van der Waals surface area contributed by atoms with E-state index in [4.69, 9.17) is 39.5 Å². The zero-order chi connectivity index (χ0) is 15.4. The zero-order valence-corrected chi connectivity index (χ0v) is 14.0. The SMILES string of the molecule is CNC(c1c(Cl)cccc1Cl)c1c(Cl)cnn1CCOC. The van der Waals surface area contributed by atoms with Crippen LogP contribution in [0.5, 0.6) is 0 Å². The minimum Gasteiger partial charge on any atom is -0.383 e. The number of hydrogen-bond acceptors (Lipinski definition) is 3. The molecule has 1 aromatic heterocycles. The van der Waals surface area contributed by atoms with E-state index in [0.717, 1.165) is 11.3 Å². The number of nitrogens with zero attached hydrogens (tertiary/aromatic N) is 2. The smallest absolute Gasteiger partial charge is 0.0837 e. The summed E-state index contributed by atoms with van der Waals surface area (Å²) in [7, 11) is 3.47. The van der Waals surface area contributed by atoms with E-state index in [1.165, 1.54) is 0 Å². The maximum atomic E-state index is 6.31. The van der Waals surface area contributed by atoms with Crippen LogP contribution in [0.25, 0.3) is 0 Å². The summed E-state index contributed by atoms with van der Waals surface area (Å²) < 4.78 is 6.90. The van der Waals surface area contributed by atoms with E-state index in [1.54, 1.807) is 30.1 Å². The number of aromatic nitrogens is 2. The number of methoxy groups -OCH3 is 1. The molecule has 4 nitrogen and oxygen atoms in total. The highest BCUT2D eigenvalue weighted by atomic mass is 35.5. The molecule has 0 spiro atoms. The minimum absolute atomic E-state index is 0.252. The Hall–Kier alpha value is -0.780. The van der Waals surface area contributed by atoms with Crippen LogP contribution in [-0.2, 0) is 11.3 Å². The Labute approximate surface area is 138 Å². The van der Waals surface area contributed by atoms with Crippen molar-refractivity contribution in [1.82, 2.24) is 15.1 Å². The molecule has 0 saturated heterocycles. The van der Waals surface area contributed by atoms with Gasteiger partial charge in [-0.1, -0.05) is 40.9 Å². The first kappa shape index (κ1) is 16.6. The van der Waals surface area contributed by atoms with Crippen LogP contribution in [0.2, 0.25) is 15.1 Å². The standard InChI is InChI=1S/C14H16Cl3N3O/c1-18-13(12-9(15)4-3-5-10(12)16)14-11(17)8-19-20(14)6-7-21-2/h3-5,8,13,18H,6-7H2,1-2H3. The monoisotopic (exact) mass is 347 g/mol. The van der Waals surface area contributed by atoms with Crippen LogP contribution >= 0.6 is 34.8 Å². The summed E-state index contributed by atoms with van der Waals surface area (Å²) in [6.45, 7) is 1.14. The molecule has 2 rings (SSSR count). The molecule has 1 heterocycles. The number of nitrogens with one attached hydrogen (secondary N) is 1. The Morgan fingerprint density at radius 2 is 1.90 bits per heavy atom. The lowest BCUT2D eigenvalue weighted by Crippen LogP contribution is -2.23. The second-order valence-corrected chi connectivity index (χ2v) is 5.67. The third kappa shape index (κ3) is 3.52. The van der Waals surface area contributed by atoms with Gasteiger partial charge in [0.2, 0.25) is 0 Å². The van der Waals surface area contributed by atoms with E-state index < -0.39 is 0 Å². The average molecular weight is 349 g/mol. The Bertz CT molecular complexity index is 595. The zero-order valence-electron chi connectivity index (χ0n) is 11.7. The summed E-state index contributed by atoms with van der Waals surface area (Å²) in [5.41, 5.74) is 1.59. The highest BCUT2D eigenvalue weighted by molar-refractivity contribution is 6.36. The van der Waals surface area contributed by atoms with Gasteiger partial charge in [0.1, 0.15) is 0 Å². The van der Waals surface area contributed by atoms with Gasteiger partial charge in [-0.25, -0.2) is 0 Å². The normalized spacial score (nSPS) is 12.6. The van der Waals surface area contributed by atoms with Gasteiger partial charge >= 0.3 is 0 Å². The molecule has 0 bridgehead atoms. The van der Waals surface area contributed by atoms with E-state index in [-0.39, 0.29) is 6.04 Å². The quantitative estimate of drug-likeness (QED) is 0.863. The molecule has 0 aliphatic heterocycles. The van der Waals surface area contributed by atoms with E-state index in [0.29, 0.717) is 28.2 Å². The molecule has 7 heteroatoms. The maximum Gasteiger partial charge on any atom is 0.0837 e. The molecule has 1 unspecified atom stereocenters. The topological polar surface area (TPSA) is 39.1 Å². The lowest BCUT2D eigenvalue weighted by molar-refractivity contribution is 0.182. The van der Waals surface area contributed by atoms with Crippen molar-refractivity contribution in [2.75, 3.05) is 20.8 Å². The molecule has 21 heavy (non-hydrogen) atoms. The number of hydrogen-bond donors (Lipinski definition) is 1. The number of rotatable bonds is 6. The average Bonchev–Trinajstić information content (AvgIpc) is 2.82. The number of ether oxygens (including phenoxy) is 1. The molecule has 1 aromatic carbocycles. The van der Waals surface area contributed by atoms with Gasteiger partial charge in [0, 0.05) is 22.7 Å². The molecule has 0 radical (unpaired) electrons. The summed E-state index contributed by atoms with van der Waals surface area (Å²) in [5.74, 6) is 0. The maximum absolute atomic E-state index is 6.31. The summed E-state index contributed by atoms with van der Waals surface area (Å²) in [4.78, 5) is 0. The molecule has 2 aromatic rings. The van der Waals surface area contributed by atoms with Gasteiger partial charge in [0.15, 0.2) is 0 Å². The molecule has 0 fully saturated rings. The van der Waals surface area contributed by atoms with Crippen LogP contribution in [0.4, 0.5) is 0 Å². The van der Waals surface area contributed by atoms with Gasteiger partial charge in [-0.15, -0.1) is 0 Å². The first-order valence-electron chi connectivity index (χ1n) is 6.41. The van der Waals surface area contributed by atoms with Crippen LogP contribution in [0.1, 0.15) is 17.3 Å². The van der Waals surface area contributed by atoms with E-state index in [2.05, 4.69) is 10.4 Å². The Balaban J connectivity index is 2.49. The molecule has 1 N–H and O–H groups in total. The van der Waals surface area contributed by atoms with Crippen LogP contribution in [0, 0.1) is 0 Å². The Morgan fingerprint density at radius 1 is 1.24 bits per heavy atom. The summed E-state index contributed by atoms with van der Waals surface area (Å²) in [6, 6.07) is 5.16. The van der Waals surface area contributed by atoms with Gasteiger partial charge in [0.05, 0.1) is 36.1 Å². The number of benzene rings is 1. The second kappa shape index (κ2) is 7.47. The largest absolute Gasteiger partial charge is 0.383 e. The first-order chi connectivity index (χ1) is 10.1. The minimum atomic E-state index is -0.252. The van der Waals surface area contributed by atoms with E-state index >= 15 is 0 Å². The fourth-order valence-corrected chi connectivity index (χ4v) is 3.09. The summed E-state index contributed by atoms with van der Waals surface area (Å²) in [5, 5.41) is 9.21. The van der Waals surface area contributed by atoms with Gasteiger partial charge in [-0.05, 0) is 19.2 Å². The molecular formula is C14H16Cl3N3O. The third-order valence-corrected chi connectivity index (χ3v) is 4.14. The highest BCUT2D eigenvalue weighted by Gasteiger charge is 2.24. The van der Waals surface area contributed by atoms with Crippen LogP contribution in [-0.4, -0.2) is 30.5 Å². The molecule has 0 aliphatic carbocycles. The molecule has 0 amide bonds. The van der Waals surface area contributed by atoms with Crippen molar-refractivity contribution in [2.24, 2.45) is 0 Å². The van der Waals surface area contributed by atoms with Crippen LogP contribution < -0.4 is 5.32 Å². The lowest BCUT2D eigenvalue weighted by atomic mass is 10.0. The summed E-state index contributed by atoms with van der Waals surface area (Å²) in [6.07, 6.45) is 1.61. The molecule has 0 aliphatic rings. The van der Waals surface area contributed by atoms with E-state index in [9.17, 15) is 0 Å². The van der Waals surface area contributed by atoms with E-state index in [1.807, 2.05) is 13.1 Å². The second-order valence-electron chi connectivity index (χ2n) is 4.45. The van der Waals surface area contributed by atoms with Crippen molar-refractivity contribution in [1.29, 1.82) is 0 Å². The predicted molar refractivity (Wildman–Crippen MR) is 86.5 cm³/mol. The van der Waals surface area contributed by atoms with Gasteiger partial charge in [-0.2, -0.15) is 5.10 Å².